The molecule has 0 bridgehead atoms. The van der Waals surface area contributed by atoms with E-state index in [0.29, 0.717) is 5.92 Å². The number of thioether (sulfide) groups is 1. The van der Waals surface area contributed by atoms with Gasteiger partial charge in [0, 0.05) is 5.41 Å². The van der Waals surface area contributed by atoms with E-state index < -0.39 is 0 Å². The Morgan fingerprint density at radius 3 is 2.37 bits per heavy atom. The zero-order valence-electron chi connectivity index (χ0n) is 15.5. The van der Waals surface area contributed by atoms with Crippen LogP contribution in [0.25, 0.3) is 16.8 Å². The molecular formula is C21H23N5S. The van der Waals surface area contributed by atoms with Gasteiger partial charge in [-0.2, -0.15) is 0 Å². The molecule has 0 saturated carbocycles. The summed E-state index contributed by atoms with van der Waals surface area (Å²) in [6, 6.07) is 18.8. The highest BCUT2D eigenvalue weighted by Crippen LogP contribution is 2.32. The SMILES string of the molecule is CC[C@H](C)[C@H](N)c1nnc2n1NC(c1ccc(-c3ccccc3)cc1)=CS2. The molecule has 2 aromatic carbocycles. The van der Waals surface area contributed by atoms with Crippen molar-refractivity contribution < 1.29 is 0 Å². The molecule has 0 saturated heterocycles. The van der Waals surface area contributed by atoms with Crippen LogP contribution in [0.3, 0.4) is 0 Å². The van der Waals surface area contributed by atoms with Crippen LogP contribution in [0.1, 0.15) is 37.7 Å². The predicted molar refractivity (Wildman–Crippen MR) is 111 cm³/mol. The van der Waals surface area contributed by atoms with Gasteiger partial charge >= 0.3 is 0 Å². The van der Waals surface area contributed by atoms with Crippen LogP contribution in [0.4, 0.5) is 0 Å². The quantitative estimate of drug-likeness (QED) is 0.678. The lowest BCUT2D eigenvalue weighted by molar-refractivity contribution is 0.429. The minimum Gasteiger partial charge on any atom is -0.321 e. The highest BCUT2D eigenvalue weighted by Gasteiger charge is 2.25. The van der Waals surface area contributed by atoms with Gasteiger partial charge in [0.1, 0.15) is 0 Å². The Morgan fingerprint density at radius 1 is 1.00 bits per heavy atom. The van der Waals surface area contributed by atoms with E-state index in [2.05, 4.69) is 83.4 Å². The van der Waals surface area contributed by atoms with Crippen molar-refractivity contribution in [1.29, 1.82) is 0 Å². The number of rotatable bonds is 5. The second-order valence-electron chi connectivity index (χ2n) is 6.79. The number of fused-ring (bicyclic) bond motifs is 1. The Bertz CT molecular complexity index is 946. The Kier molecular flexibility index (Phi) is 5.01. The van der Waals surface area contributed by atoms with E-state index in [1.807, 2.05) is 10.7 Å². The Morgan fingerprint density at radius 2 is 1.67 bits per heavy atom. The maximum Gasteiger partial charge on any atom is 0.214 e. The van der Waals surface area contributed by atoms with Crippen molar-refractivity contribution in [2.45, 2.75) is 31.5 Å². The summed E-state index contributed by atoms with van der Waals surface area (Å²) in [5.74, 6) is 1.11. The van der Waals surface area contributed by atoms with Gasteiger partial charge in [-0.25, -0.2) is 4.68 Å². The summed E-state index contributed by atoms with van der Waals surface area (Å²) in [5, 5.41) is 11.5. The first-order chi connectivity index (χ1) is 13.2. The van der Waals surface area contributed by atoms with Gasteiger partial charge in [0.05, 0.1) is 11.7 Å². The second-order valence-corrected chi connectivity index (χ2v) is 7.63. The molecule has 0 spiro atoms. The van der Waals surface area contributed by atoms with Crippen LogP contribution < -0.4 is 11.2 Å². The molecule has 5 nitrogen and oxygen atoms in total. The van der Waals surface area contributed by atoms with Gasteiger partial charge in [0.2, 0.25) is 5.16 Å². The third kappa shape index (κ3) is 3.50. The van der Waals surface area contributed by atoms with E-state index in [4.69, 9.17) is 5.73 Å². The first-order valence-electron chi connectivity index (χ1n) is 9.18. The zero-order chi connectivity index (χ0) is 18.8. The van der Waals surface area contributed by atoms with Crippen molar-refractivity contribution in [3.8, 4) is 11.1 Å². The van der Waals surface area contributed by atoms with Crippen LogP contribution in [-0.4, -0.2) is 14.9 Å². The minimum absolute atomic E-state index is 0.149. The summed E-state index contributed by atoms with van der Waals surface area (Å²) < 4.78 is 1.92. The van der Waals surface area contributed by atoms with Gasteiger partial charge in [0.25, 0.3) is 0 Å². The Labute approximate surface area is 163 Å². The van der Waals surface area contributed by atoms with Gasteiger partial charge in [-0.05, 0) is 22.6 Å². The highest BCUT2D eigenvalue weighted by atomic mass is 32.2. The molecular weight excluding hydrogens is 354 g/mol. The van der Waals surface area contributed by atoms with Crippen molar-refractivity contribution in [3.63, 3.8) is 0 Å². The third-order valence-electron chi connectivity index (χ3n) is 5.03. The standard InChI is InChI=1S/C21H23N5S/c1-3-14(2)19(22)20-23-24-21-26(20)25-18(13-27-21)17-11-9-16(10-12-17)15-7-5-4-6-8-15/h4-14,19,25H,3,22H2,1-2H3/t14-,19-/m0/s1. The maximum atomic E-state index is 6.39. The molecule has 2 heterocycles. The molecule has 0 unspecified atom stereocenters. The van der Waals surface area contributed by atoms with Gasteiger partial charge in [-0.3, -0.25) is 5.43 Å². The predicted octanol–water partition coefficient (Wildman–Crippen LogP) is 4.64. The molecule has 3 N–H and O–H groups in total. The second kappa shape index (κ2) is 7.58. The monoisotopic (exact) mass is 377 g/mol. The average molecular weight is 378 g/mol. The molecule has 27 heavy (non-hydrogen) atoms. The summed E-state index contributed by atoms with van der Waals surface area (Å²) in [6.45, 7) is 4.28. The van der Waals surface area contributed by atoms with Gasteiger partial charge in [-0.15, -0.1) is 10.2 Å². The number of benzene rings is 2. The highest BCUT2D eigenvalue weighted by molar-refractivity contribution is 8.02. The summed E-state index contributed by atoms with van der Waals surface area (Å²) >= 11 is 1.56. The molecule has 1 aliphatic rings. The fourth-order valence-electron chi connectivity index (χ4n) is 3.05. The number of hydrogen-bond acceptors (Lipinski definition) is 5. The number of nitrogens with two attached hydrogens (primary N) is 1. The lowest BCUT2D eigenvalue weighted by Gasteiger charge is -2.23. The number of nitrogens with one attached hydrogen (secondary N) is 1. The van der Waals surface area contributed by atoms with Crippen LogP contribution in [0.15, 0.2) is 65.2 Å². The molecule has 0 radical (unpaired) electrons. The maximum absolute atomic E-state index is 6.39. The van der Waals surface area contributed by atoms with E-state index >= 15 is 0 Å². The van der Waals surface area contributed by atoms with Gasteiger partial charge in [0.15, 0.2) is 5.82 Å². The van der Waals surface area contributed by atoms with Crippen LogP contribution >= 0.6 is 11.8 Å². The van der Waals surface area contributed by atoms with Crippen LogP contribution in [0.2, 0.25) is 0 Å². The molecule has 0 fully saturated rings. The average Bonchev–Trinajstić information content (AvgIpc) is 3.16. The minimum atomic E-state index is -0.149. The van der Waals surface area contributed by atoms with E-state index in [1.165, 1.54) is 11.1 Å². The van der Waals surface area contributed by atoms with Crippen molar-refractivity contribution in [2.75, 3.05) is 5.43 Å². The molecule has 1 aliphatic heterocycles. The first-order valence-corrected chi connectivity index (χ1v) is 10.1. The van der Waals surface area contributed by atoms with Crippen molar-refractivity contribution >= 4 is 17.5 Å². The smallest absolute Gasteiger partial charge is 0.214 e. The van der Waals surface area contributed by atoms with Gasteiger partial charge in [-0.1, -0.05) is 86.6 Å². The van der Waals surface area contributed by atoms with Crippen LogP contribution in [-0.2, 0) is 0 Å². The van der Waals surface area contributed by atoms with Crippen molar-refractivity contribution in [3.05, 3.63) is 71.4 Å². The fraction of sp³-hybridized carbons (Fsp3) is 0.238. The molecule has 2 atom stereocenters. The van der Waals surface area contributed by atoms with E-state index in [1.54, 1.807) is 11.8 Å². The largest absolute Gasteiger partial charge is 0.321 e. The molecule has 4 rings (SSSR count). The van der Waals surface area contributed by atoms with Crippen LogP contribution in [0, 0.1) is 5.92 Å². The van der Waals surface area contributed by atoms with Crippen LogP contribution in [0.5, 0.6) is 0 Å². The number of hydrogen-bond donors (Lipinski definition) is 2. The summed E-state index contributed by atoms with van der Waals surface area (Å²) in [5.41, 5.74) is 14.4. The summed E-state index contributed by atoms with van der Waals surface area (Å²) in [6.07, 6.45) is 1.00. The molecule has 138 valence electrons. The lowest BCUT2D eigenvalue weighted by atomic mass is 10.00. The summed E-state index contributed by atoms with van der Waals surface area (Å²) in [4.78, 5) is 0. The fourth-order valence-corrected chi connectivity index (χ4v) is 3.80. The number of nitrogens with zero attached hydrogens (tertiary/aromatic N) is 3. The van der Waals surface area contributed by atoms with Gasteiger partial charge < -0.3 is 5.73 Å². The molecule has 0 amide bonds. The van der Waals surface area contributed by atoms with E-state index in [9.17, 15) is 0 Å². The molecule has 6 heteroatoms. The van der Waals surface area contributed by atoms with E-state index in [-0.39, 0.29) is 6.04 Å². The summed E-state index contributed by atoms with van der Waals surface area (Å²) in [7, 11) is 0. The number of aromatic nitrogens is 3. The molecule has 1 aromatic heterocycles. The van der Waals surface area contributed by atoms with Crippen molar-refractivity contribution in [1.82, 2.24) is 14.9 Å². The first kappa shape index (κ1) is 17.8. The Hall–Kier alpha value is -2.57. The normalized spacial score (nSPS) is 15.4. The molecule has 3 aromatic rings. The van der Waals surface area contributed by atoms with E-state index in [0.717, 1.165) is 28.7 Å². The Balaban J connectivity index is 1.57. The zero-order valence-corrected chi connectivity index (χ0v) is 16.3. The molecule has 0 aliphatic carbocycles. The lowest BCUT2D eigenvalue weighted by Crippen LogP contribution is -2.27. The third-order valence-corrected chi connectivity index (χ3v) is 5.86. The topological polar surface area (TPSA) is 68.8 Å². The van der Waals surface area contributed by atoms with Crippen molar-refractivity contribution in [2.24, 2.45) is 11.7 Å².